The van der Waals surface area contributed by atoms with Gasteiger partial charge in [-0.1, -0.05) is 48.6 Å². The van der Waals surface area contributed by atoms with Crippen molar-refractivity contribution in [2.24, 2.45) is 0 Å². The highest BCUT2D eigenvalue weighted by atomic mass is 127. The molecule has 1 rings (SSSR count). The van der Waals surface area contributed by atoms with Crippen molar-refractivity contribution in [1.82, 2.24) is 0 Å². The van der Waals surface area contributed by atoms with E-state index in [9.17, 15) is 0 Å². The zero-order valence-corrected chi connectivity index (χ0v) is 12.9. The van der Waals surface area contributed by atoms with E-state index in [0.717, 1.165) is 18.6 Å². The third kappa shape index (κ3) is 4.84. The van der Waals surface area contributed by atoms with Crippen molar-refractivity contribution >= 4 is 22.6 Å². The molecule has 0 saturated heterocycles. The summed E-state index contributed by atoms with van der Waals surface area (Å²) in [5.41, 5.74) is 1.35. The molecule has 0 spiro atoms. The topological polar surface area (TPSA) is 18.5 Å². The lowest BCUT2D eigenvalue weighted by atomic mass is 10.1. The van der Waals surface area contributed by atoms with Crippen LogP contribution in [0, 0.1) is 0 Å². The van der Waals surface area contributed by atoms with Crippen LogP contribution in [0.3, 0.4) is 0 Å². The monoisotopic (exact) mass is 348 g/mol. The Labute approximate surface area is 118 Å². The zero-order valence-electron chi connectivity index (χ0n) is 10.8. The van der Waals surface area contributed by atoms with Crippen LogP contribution in [-0.2, 0) is 4.74 Å². The van der Waals surface area contributed by atoms with Gasteiger partial charge in [-0.15, -0.1) is 0 Å². The minimum absolute atomic E-state index is 0.132. The summed E-state index contributed by atoms with van der Waals surface area (Å²) < 4.78 is 11.8. The molecule has 0 aromatic heterocycles. The molecule has 0 aliphatic heterocycles. The second kappa shape index (κ2) is 7.93. The third-order valence-electron chi connectivity index (χ3n) is 2.55. The molecule has 0 saturated carbocycles. The second-order valence-electron chi connectivity index (χ2n) is 3.86. The lowest BCUT2D eigenvalue weighted by molar-refractivity contribution is -0.0766. The lowest BCUT2D eigenvalue weighted by Gasteiger charge is -2.17. The van der Waals surface area contributed by atoms with E-state index >= 15 is 0 Å². The average Bonchev–Trinajstić information content (AvgIpc) is 2.38. The first-order valence-corrected chi connectivity index (χ1v) is 7.48. The Kier molecular flexibility index (Phi) is 6.89. The van der Waals surface area contributed by atoms with Gasteiger partial charge in [0.1, 0.15) is 5.75 Å². The summed E-state index contributed by atoms with van der Waals surface area (Å²) in [7, 11) is 0. The number of hydrogen-bond donors (Lipinski definition) is 0. The van der Waals surface area contributed by atoms with Gasteiger partial charge < -0.3 is 9.47 Å². The van der Waals surface area contributed by atoms with Gasteiger partial charge in [-0.05, 0) is 31.0 Å². The summed E-state index contributed by atoms with van der Waals surface area (Å²) in [5.74, 6) is 0.883. The number of rotatable bonds is 7. The Hall–Kier alpha value is -0.290. The first kappa shape index (κ1) is 14.8. The first-order chi connectivity index (χ1) is 8.21. The van der Waals surface area contributed by atoms with E-state index in [1.165, 1.54) is 5.56 Å². The molecule has 0 amide bonds. The van der Waals surface area contributed by atoms with Crippen molar-refractivity contribution in [3.63, 3.8) is 0 Å². The van der Waals surface area contributed by atoms with Crippen LogP contribution >= 0.6 is 22.6 Å². The average molecular weight is 348 g/mol. The number of alkyl halides is 1. The quantitative estimate of drug-likeness (QED) is 0.403. The maximum atomic E-state index is 5.75. The van der Waals surface area contributed by atoms with Crippen LogP contribution in [0.15, 0.2) is 24.3 Å². The molecule has 0 fully saturated rings. The molecule has 0 aliphatic carbocycles. The number of hydrogen-bond acceptors (Lipinski definition) is 2. The molecular formula is C14H21IO2. The van der Waals surface area contributed by atoms with E-state index in [4.69, 9.17) is 9.47 Å². The summed E-state index contributed by atoms with van der Waals surface area (Å²) in [6, 6.07) is 8.32. The Bertz CT molecular complexity index is 311. The maximum Gasteiger partial charge on any atom is 0.199 e. The van der Waals surface area contributed by atoms with Crippen LogP contribution in [0.25, 0.3) is 0 Å². The van der Waals surface area contributed by atoms with Crippen LogP contribution in [0.1, 0.15) is 43.1 Å². The smallest absolute Gasteiger partial charge is 0.199 e. The van der Waals surface area contributed by atoms with Crippen molar-refractivity contribution in [1.29, 1.82) is 0 Å². The molecule has 0 radical (unpaired) electrons. The van der Waals surface area contributed by atoms with Crippen LogP contribution < -0.4 is 4.74 Å². The van der Waals surface area contributed by atoms with E-state index < -0.39 is 0 Å². The summed E-state index contributed by atoms with van der Waals surface area (Å²) in [6.07, 6.45) is 1.88. The van der Waals surface area contributed by atoms with E-state index in [1.807, 2.05) is 19.1 Å². The molecule has 2 unspecified atom stereocenters. The molecule has 0 N–H and O–H groups in total. The van der Waals surface area contributed by atoms with Crippen LogP contribution in [-0.4, -0.2) is 12.9 Å². The Morgan fingerprint density at radius 1 is 1.06 bits per heavy atom. The Morgan fingerprint density at radius 3 is 2.18 bits per heavy atom. The summed E-state index contributed by atoms with van der Waals surface area (Å²) in [5, 5.41) is 0. The molecule has 0 aliphatic rings. The maximum absolute atomic E-state index is 5.75. The van der Waals surface area contributed by atoms with Gasteiger partial charge >= 0.3 is 0 Å². The van der Waals surface area contributed by atoms with E-state index in [1.54, 1.807) is 0 Å². The molecule has 2 nitrogen and oxygen atoms in total. The zero-order chi connectivity index (χ0) is 12.7. The second-order valence-corrected chi connectivity index (χ2v) is 5.36. The third-order valence-corrected chi connectivity index (χ3v) is 4.15. The van der Waals surface area contributed by atoms with Gasteiger partial charge in [0.25, 0.3) is 0 Å². The van der Waals surface area contributed by atoms with Crippen molar-refractivity contribution in [3.8, 4) is 5.75 Å². The molecule has 2 atom stereocenters. The standard InChI is InChI=1S/C14H21IO2/c1-4-13(15)11-7-9-12(10-8-11)17-14(5-2)16-6-3/h7-10,13-14H,4-6H2,1-3H3. The molecule has 0 bridgehead atoms. The fourth-order valence-electron chi connectivity index (χ4n) is 1.56. The van der Waals surface area contributed by atoms with Crippen molar-refractivity contribution in [3.05, 3.63) is 29.8 Å². The van der Waals surface area contributed by atoms with Crippen LogP contribution in [0.4, 0.5) is 0 Å². The van der Waals surface area contributed by atoms with Crippen molar-refractivity contribution in [2.45, 2.75) is 43.8 Å². The van der Waals surface area contributed by atoms with Crippen LogP contribution in [0.5, 0.6) is 5.75 Å². The summed E-state index contributed by atoms with van der Waals surface area (Å²) >= 11 is 2.46. The SMILES string of the molecule is CCOC(CC)Oc1ccc(C(I)CC)cc1. The first-order valence-electron chi connectivity index (χ1n) is 6.23. The largest absolute Gasteiger partial charge is 0.465 e. The fourth-order valence-corrected chi connectivity index (χ4v) is 1.98. The van der Waals surface area contributed by atoms with Gasteiger partial charge in [-0.25, -0.2) is 0 Å². The Morgan fingerprint density at radius 2 is 1.71 bits per heavy atom. The van der Waals surface area contributed by atoms with Gasteiger partial charge in [0.15, 0.2) is 6.29 Å². The Balaban J connectivity index is 2.61. The highest BCUT2D eigenvalue weighted by Crippen LogP contribution is 2.28. The van der Waals surface area contributed by atoms with E-state index in [2.05, 4.69) is 48.6 Å². The molecular weight excluding hydrogens is 327 g/mol. The number of ether oxygens (including phenoxy) is 2. The van der Waals surface area contributed by atoms with Crippen LogP contribution in [0.2, 0.25) is 0 Å². The predicted octanol–water partition coefficient (Wildman–Crippen LogP) is 4.72. The van der Waals surface area contributed by atoms with Crippen molar-refractivity contribution in [2.75, 3.05) is 6.61 Å². The number of benzene rings is 1. The van der Waals surface area contributed by atoms with Gasteiger partial charge in [-0.3, -0.25) is 0 Å². The molecule has 96 valence electrons. The molecule has 1 aromatic carbocycles. The minimum atomic E-state index is -0.132. The highest BCUT2D eigenvalue weighted by molar-refractivity contribution is 14.1. The van der Waals surface area contributed by atoms with Gasteiger partial charge in [0.2, 0.25) is 0 Å². The van der Waals surface area contributed by atoms with Gasteiger partial charge in [-0.2, -0.15) is 0 Å². The normalized spacial score (nSPS) is 14.4. The summed E-state index contributed by atoms with van der Waals surface area (Å²) in [4.78, 5) is 0. The lowest BCUT2D eigenvalue weighted by Crippen LogP contribution is -2.19. The molecule has 0 heterocycles. The summed E-state index contributed by atoms with van der Waals surface area (Å²) in [6.45, 7) is 6.93. The molecule has 17 heavy (non-hydrogen) atoms. The van der Waals surface area contributed by atoms with Crippen molar-refractivity contribution < 1.29 is 9.47 Å². The van der Waals surface area contributed by atoms with Gasteiger partial charge in [0.05, 0.1) is 0 Å². The molecule has 3 heteroatoms. The number of halogens is 1. The fraction of sp³-hybridized carbons (Fsp3) is 0.571. The molecule has 1 aromatic rings. The van der Waals surface area contributed by atoms with E-state index in [0.29, 0.717) is 10.5 Å². The predicted molar refractivity (Wildman–Crippen MR) is 79.8 cm³/mol. The highest BCUT2D eigenvalue weighted by Gasteiger charge is 2.08. The van der Waals surface area contributed by atoms with E-state index in [-0.39, 0.29) is 6.29 Å². The van der Waals surface area contributed by atoms with Gasteiger partial charge in [0, 0.05) is 17.0 Å². The minimum Gasteiger partial charge on any atom is -0.465 e.